The van der Waals surface area contributed by atoms with Crippen molar-refractivity contribution in [2.45, 2.75) is 33.2 Å². The van der Waals surface area contributed by atoms with Gasteiger partial charge in [-0.2, -0.15) is 0 Å². The SMILES string of the molecule is CCNCC1CCN(C(=O)c2ccc(CNS(=O)(=O)CC)cc2)CC1. The van der Waals surface area contributed by atoms with Gasteiger partial charge in [-0.1, -0.05) is 19.1 Å². The summed E-state index contributed by atoms with van der Waals surface area (Å²) in [5, 5.41) is 3.37. The molecule has 0 saturated carbocycles. The van der Waals surface area contributed by atoms with Crippen LogP contribution in [-0.4, -0.2) is 51.2 Å². The second kappa shape index (κ2) is 9.31. The molecule has 0 spiro atoms. The van der Waals surface area contributed by atoms with Gasteiger partial charge < -0.3 is 10.2 Å². The van der Waals surface area contributed by atoms with Crippen molar-refractivity contribution < 1.29 is 13.2 Å². The van der Waals surface area contributed by atoms with Gasteiger partial charge in [0.1, 0.15) is 0 Å². The Morgan fingerprint density at radius 2 is 1.80 bits per heavy atom. The van der Waals surface area contributed by atoms with Gasteiger partial charge in [-0.15, -0.1) is 0 Å². The van der Waals surface area contributed by atoms with Crippen molar-refractivity contribution >= 4 is 15.9 Å². The molecule has 1 saturated heterocycles. The molecule has 1 amide bonds. The van der Waals surface area contributed by atoms with E-state index in [1.807, 2.05) is 17.0 Å². The van der Waals surface area contributed by atoms with Crippen LogP contribution in [0.25, 0.3) is 0 Å². The molecule has 1 heterocycles. The topological polar surface area (TPSA) is 78.5 Å². The molecule has 140 valence electrons. The molecule has 7 heteroatoms. The summed E-state index contributed by atoms with van der Waals surface area (Å²) in [7, 11) is -3.20. The highest BCUT2D eigenvalue weighted by atomic mass is 32.2. The summed E-state index contributed by atoms with van der Waals surface area (Å²) in [6.07, 6.45) is 2.07. The van der Waals surface area contributed by atoms with E-state index in [1.165, 1.54) is 0 Å². The summed E-state index contributed by atoms with van der Waals surface area (Å²) in [6, 6.07) is 7.18. The Labute approximate surface area is 151 Å². The van der Waals surface area contributed by atoms with Crippen molar-refractivity contribution in [2.24, 2.45) is 5.92 Å². The summed E-state index contributed by atoms with van der Waals surface area (Å²) < 4.78 is 25.5. The summed E-state index contributed by atoms with van der Waals surface area (Å²) in [6.45, 7) is 7.57. The zero-order valence-electron chi connectivity index (χ0n) is 15.1. The maximum absolute atomic E-state index is 12.6. The Morgan fingerprint density at radius 3 is 2.36 bits per heavy atom. The number of nitrogens with one attached hydrogen (secondary N) is 2. The standard InChI is InChI=1S/C18H29N3O3S/c1-3-19-13-16-9-11-21(12-10-16)18(22)17-7-5-15(6-8-17)14-20-25(23,24)4-2/h5-8,16,19-20H,3-4,9-14H2,1-2H3. The maximum atomic E-state index is 12.6. The van der Waals surface area contributed by atoms with Crippen LogP contribution in [0.3, 0.4) is 0 Å². The molecule has 0 unspecified atom stereocenters. The average molecular weight is 368 g/mol. The molecule has 1 aliphatic heterocycles. The first kappa shape index (κ1) is 19.9. The molecular weight excluding hydrogens is 338 g/mol. The second-order valence-electron chi connectivity index (χ2n) is 6.46. The van der Waals surface area contributed by atoms with E-state index >= 15 is 0 Å². The van der Waals surface area contributed by atoms with Crippen molar-refractivity contribution in [3.63, 3.8) is 0 Å². The highest BCUT2D eigenvalue weighted by molar-refractivity contribution is 7.89. The Kier molecular flexibility index (Phi) is 7.40. The summed E-state index contributed by atoms with van der Waals surface area (Å²) in [5.74, 6) is 0.772. The molecule has 1 aliphatic rings. The summed E-state index contributed by atoms with van der Waals surface area (Å²) in [5.41, 5.74) is 1.50. The molecule has 0 aromatic heterocycles. The fourth-order valence-corrected chi connectivity index (χ4v) is 3.52. The van der Waals surface area contributed by atoms with Crippen molar-refractivity contribution in [2.75, 3.05) is 31.9 Å². The van der Waals surface area contributed by atoms with Gasteiger partial charge in [0, 0.05) is 25.2 Å². The number of sulfonamides is 1. The minimum absolute atomic E-state index is 0.0580. The van der Waals surface area contributed by atoms with Gasteiger partial charge in [-0.05, 0) is 56.5 Å². The van der Waals surface area contributed by atoms with Crippen LogP contribution in [-0.2, 0) is 16.6 Å². The third-order valence-electron chi connectivity index (χ3n) is 4.66. The first-order chi connectivity index (χ1) is 11.9. The predicted molar refractivity (Wildman–Crippen MR) is 99.9 cm³/mol. The molecule has 2 rings (SSSR count). The highest BCUT2D eigenvalue weighted by Crippen LogP contribution is 2.18. The lowest BCUT2D eigenvalue weighted by Crippen LogP contribution is -2.40. The van der Waals surface area contributed by atoms with E-state index in [-0.39, 0.29) is 18.2 Å². The van der Waals surface area contributed by atoms with Crippen LogP contribution >= 0.6 is 0 Å². The largest absolute Gasteiger partial charge is 0.339 e. The van der Waals surface area contributed by atoms with E-state index < -0.39 is 10.0 Å². The van der Waals surface area contributed by atoms with E-state index in [1.54, 1.807) is 19.1 Å². The first-order valence-corrected chi connectivity index (χ1v) is 10.7. The Bertz CT molecular complexity index is 651. The third kappa shape index (κ3) is 6.09. The van der Waals surface area contributed by atoms with Crippen molar-refractivity contribution in [3.8, 4) is 0 Å². The number of rotatable bonds is 8. The van der Waals surface area contributed by atoms with Crippen LogP contribution < -0.4 is 10.0 Å². The molecule has 1 aromatic carbocycles. The Hall–Kier alpha value is -1.44. The monoisotopic (exact) mass is 367 g/mol. The van der Waals surface area contributed by atoms with Crippen LogP contribution in [0.15, 0.2) is 24.3 Å². The van der Waals surface area contributed by atoms with E-state index in [0.29, 0.717) is 11.5 Å². The number of hydrogen-bond acceptors (Lipinski definition) is 4. The molecule has 0 bridgehead atoms. The molecule has 0 radical (unpaired) electrons. The minimum Gasteiger partial charge on any atom is -0.339 e. The molecule has 6 nitrogen and oxygen atoms in total. The number of carbonyl (C=O) groups excluding carboxylic acids is 1. The van der Waals surface area contributed by atoms with Crippen molar-refractivity contribution in [3.05, 3.63) is 35.4 Å². The molecule has 0 aliphatic carbocycles. The molecule has 0 atom stereocenters. The van der Waals surface area contributed by atoms with Gasteiger partial charge in [-0.25, -0.2) is 13.1 Å². The smallest absolute Gasteiger partial charge is 0.253 e. The van der Waals surface area contributed by atoms with Gasteiger partial charge >= 0.3 is 0 Å². The number of carbonyl (C=O) groups is 1. The fourth-order valence-electron chi connectivity index (χ4n) is 2.93. The van der Waals surface area contributed by atoms with Crippen LogP contribution in [0, 0.1) is 5.92 Å². The molecule has 25 heavy (non-hydrogen) atoms. The number of likely N-dealkylation sites (tertiary alicyclic amines) is 1. The van der Waals surface area contributed by atoms with Crippen LogP contribution in [0.1, 0.15) is 42.6 Å². The first-order valence-electron chi connectivity index (χ1n) is 9.01. The number of benzene rings is 1. The molecular formula is C18H29N3O3S. The summed E-state index contributed by atoms with van der Waals surface area (Å²) in [4.78, 5) is 14.5. The zero-order valence-corrected chi connectivity index (χ0v) is 15.9. The lowest BCUT2D eigenvalue weighted by atomic mass is 9.96. The van der Waals surface area contributed by atoms with Crippen molar-refractivity contribution in [1.29, 1.82) is 0 Å². The number of nitrogens with zero attached hydrogens (tertiary/aromatic N) is 1. The Morgan fingerprint density at radius 1 is 1.16 bits per heavy atom. The van der Waals surface area contributed by atoms with E-state index in [2.05, 4.69) is 17.0 Å². The van der Waals surface area contributed by atoms with Crippen LogP contribution in [0.4, 0.5) is 0 Å². The quantitative estimate of drug-likeness (QED) is 0.731. The normalized spacial score (nSPS) is 16.2. The van der Waals surface area contributed by atoms with E-state index in [4.69, 9.17) is 0 Å². The van der Waals surface area contributed by atoms with E-state index in [9.17, 15) is 13.2 Å². The third-order valence-corrected chi connectivity index (χ3v) is 6.01. The van der Waals surface area contributed by atoms with Gasteiger partial charge in [0.15, 0.2) is 0 Å². The molecule has 1 aromatic rings. The zero-order chi connectivity index (χ0) is 18.3. The van der Waals surface area contributed by atoms with Gasteiger partial charge in [0.2, 0.25) is 10.0 Å². The lowest BCUT2D eigenvalue weighted by molar-refractivity contribution is 0.0690. The number of amides is 1. The van der Waals surface area contributed by atoms with Crippen LogP contribution in [0.5, 0.6) is 0 Å². The number of piperidine rings is 1. The highest BCUT2D eigenvalue weighted by Gasteiger charge is 2.23. The van der Waals surface area contributed by atoms with E-state index in [0.717, 1.165) is 44.6 Å². The predicted octanol–water partition coefficient (Wildman–Crippen LogP) is 1.59. The molecule has 2 N–H and O–H groups in total. The lowest BCUT2D eigenvalue weighted by Gasteiger charge is -2.32. The fraction of sp³-hybridized carbons (Fsp3) is 0.611. The average Bonchev–Trinajstić information content (AvgIpc) is 2.65. The number of hydrogen-bond donors (Lipinski definition) is 2. The molecule has 1 fully saturated rings. The second-order valence-corrected chi connectivity index (χ2v) is 8.56. The minimum atomic E-state index is -3.20. The maximum Gasteiger partial charge on any atom is 0.253 e. The Balaban J connectivity index is 1.86. The van der Waals surface area contributed by atoms with Gasteiger partial charge in [-0.3, -0.25) is 4.79 Å². The van der Waals surface area contributed by atoms with Crippen LogP contribution in [0.2, 0.25) is 0 Å². The van der Waals surface area contributed by atoms with Crippen molar-refractivity contribution in [1.82, 2.24) is 14.9 Å². The van der Waals surface area contributed by atoms with Gasteiger partial charge in [0.25, 0.3) is 5.91 Å². The summed E-state index contributed by atoms with van der Waals surface area (Å²) >= 11 is 0. The van der Waals surface area contributed by atoms with Gasteiger partial charge in [0.05, 0.1) is 5.75 Å².